The summed E-state index contributed by atoms with van der Waals surface area (Å²) in [5.74, 6) is 0.151. The van der Waals surface area contributed by atoms with Crippen molar-refractivity contribution in [1.82, 2.24) is 0 Å². The Kier molecular flexibility index (Phi) is 2.84. The standard InChI is InChI=1S/C14H17NO3/c1-8-6-7-11(12(8)15)17-14-10-5-3-2-4-9(10)13(16)18-14/h2-5,8,11-12,14H,6-7,15H2,1H3/t8?,11-,12+,14?/m0/s1. The molecule has 2 aliphatic rings. The summed E-state index contributed by atoms with van der Waals surface area (Å²) in [5.41, 5.74) is 7.50. The average Bonchev–Trinajstić information content (AvgIpc) is 2.86. The van der Waals surface area contributed by atoms with Crippen molar-refractivity contribution < 1.29 is 14.3 Å². The lowest BCUT2D eigenvalue weighted by Crippen LogP contribution is -2.36. The van der Waals surface area contributed by atoms with E-state index in [1.165, 1.54) is 0 Å². The minimum absolute atomic E-state index is 0.0241. The van der Waals surface area contributed by atoms with Gasteiger partial charge in [0.15, 0.2) is 0 Å². The van der Waals surface area contributed by atoms with Crippen molar-refractivity contribution in [2.45, 2.75) is 38.2 Å². The molecule has 4 atom stereocenters. The quantitative estimate of drug-likeness (QED) is 0.812. The lowest BCUT2D eigenvalue weighted by molar-refractivity contribution is -0.139. The van der Waals surface area contributed by atoms with E-state index in [-0.39, 0.29) is 18.1 Å². The van der Waals surface area contributed by atoms with Gasteiger partial charge >= 0.3 is 5.97 Å². The van der Waals surface area contributed by atoms with Crippen LogP contribution in [0.2, 0.25) is 0 Å². The first-order valence-corrected chi connectivity index (χ1v) is 6.38. The Morgan fingerprint density at radius 2 is 2.11 bits per heavy atom. The number of carbonyl (C=O) groups excluding carboxylic acids is 1. The molecule has 0 bridgehead atoms. The minimum Gasteiger partial charge on any atom is -0.428 e. The lowest BCUT2D eigenvalue weighted by atomic mass is 10.1. The maximum atomic E-state index is 11.7. The summed E-state index contributed by atoms with van der Waals surface area (Å²) < 4.78 is 11.1. The van der Waals surface area contributed by atoms with Crippen molar-refractivity contribution >= 4 is 5.97 Å². The third-order valence-electron chi connectivity index (χ3n) is 3.94. The first kappa shape index (κ1) is 11.7. The molecular formula is C14H17NO3. The predicted molar refractivity (Wildman–Crippen MR) is 65.8 cm³/mol. The number of hydrogen-bond donors (Lipinski definition) is 1. The van der Waals surface area contributed by atoms with Crippen molar-refractivity contribution in [2.75, 3.05) is 0 Å². The van der Waals surface area contributed by atoms with Gasteiger partial charge in [-0.05, 0) is 24.8 Å². The second kappa shape index (κ2) is 4.37. The molecule has 4 heteroatoms. The molecule has 2 N–H and O–H groups in total. The number of carbonyl (C=O) groups is 1. The van der Waals surface area contributed by atoms with Gasteiger partial charge in [0, 0.05) is 11.6 Å². The number of esters is 1. The van der Waals surface area contributed by atoms with E-state index in [0.29, 0.717) is 11.5 Å². The molecule has 1 aliphatic carbocycles. The summed E-state index contributed by atoms with van der Waals surface area (Å²) >= 11 is 0. The zero-order chi connectivity index (χ0) is 12.7. The van der Waals surface area contributed by atoms with Gasteiger partial charge in [0.25, 0.3) is 0 Å². The third-order valence-corrected chi connectivity index (χ3v) is 3.94. The SMILES string of the molecule is CC1CC[C@H](OC2OC(=O)c3ccccc32)[C@@H]1N. The Balaban J connectivity index is 1.78. The highest BCUT2D eigenvalue weighted by atomic mass is 16.7. The van der Waals surface area contributed by atoms with Crippen LogP contribution in [-0.4, -0.2) is 18.1 Å². The maximum Gasteiger partial charge on any atom is 0.341 e. The number of hydrogen-bond acceptors (Lipinski definition) is 4. The summed E-state index contributed by atoms with van der Waals surface area (Å²) in [6.45, 7) is 2.13. The normalized spacial score (nSPS) is 34.4. The van der Waals surface area contributed by atoms with Gasteiger partial charge in [0.2, 0.25) is 6.29 Å². The van der Waals surface area contributed by atoms with Crippen LogP contribution in [0, 0.1) is 5.92 Å². The topological polar surface area (TPSA) is 61.5 Å². The average molecular weight is 247 g/mol. The Morgan fingerprint density at radius 3 is 2.83 bits per heavy atom. The van der Waals surface area contributed by atoms with E-state index in [0.717, 1.165) is 18.4 Å². The highest BCUT2D eigenvalue weighted by Gasteiger charge is 2.38. The van der Waals surface area contributed by atoms with Gasteiger partial charge in [0.1, 0.15) is 0 Å². The Labute approximate surface area is 106 Å². The van der Waals surface area contributed by atoms with E-state index in [1.54, 1.807) is 6.07 Å². The third kappa shape index (κ3) is 1.82. The molecule has 0 amide bonds. The summed E-state index contributed by atoms with van der Waals surface area (Å²) in [4.78, 5) is 11.7. The first-order chi connectivity index (χ1) is 8.66. The molecule has 96 valence electrons. The first-order valence-electron chi connectivity index (χ1n) is 6.38. The molecule has 0 spiro atoms. The van der Waals surface area contributed by atoms with Crippen LogP contribution in [0.4, 0.5) is 0 Å². The van der Waals surface area contributed by atoms with E-state index >= 15 is 0 Å². The summed E-state index contributed by atoms with van der Waals surface area (Å²) in [5, 5.41) is 0. The van der Waals surface area contributed by atoms with Crippen molar-refractivity contribution in [3.63, 3.8) is 0 Å². The van der Waals surface area contributed by atoms with Crippen LogP contribution >= 0.6 is 0 Å². The Morgan fingerprint density at radius 1 is 1.33 bits per heavy atom. The predicted octanol–water partition coefficient (Wildman–Crippen LogP) is 2.00. The van der Waals surface area contributed by atoms with Gasteiger partial charge < -0.3 is 15.2 Å². The van der Waals surface area contributed by atoms with Crippen molar-refractivity contribution in [2.24, 2.45) is 11.7 Å². The minimum atomic E-state index is -0.588. The molecule has 1 aromatic rings. The Bertz CT molecular complexity index is 474. The lowest BCUT2D eigenvalue weighted by Gasteiger charge is -2.22. The van der Waals surface area contributed by atoms with Crippen LogP contribution in [0.1, 0.15) is 42.0 Å². The number of ether oxygens (including phenoxy) is 2. The molecule has 3 rings (SSSR count). The van der Waals surface area contributed by atoms with Gasteiger partial charge in [-0.2, -0.15) is 0 Å². The largest absolute Gasteiger partial charge is 0.428 e. The summed E-state index contributed by atoms with van der Waals surface area (Å²) in [7, 11) is 0. The zero-order valence-corrected chi connectivity index (χ0v) is 10.3. The summed E-state index contributed by atoms with van der Waals surface area (Å²) in [6.07, 6.45) is 1.38. The number of benzene rings is 1. The fourth-order valence-electron chi connectivity index (χ4n) is 2.71. The van der Waals surface area contributed by atoms with E-state index < -0.39 is 6.29 Å². The molecule has 1 fully saturated rings. The molecule has 2 unspecified atom stereocenters. The van der Waals surface area contributed by atoms with E-state index in [9.17, 15) is 4.79 Å². The highest BCUT2D eigenvalue weighted by molar-refractivity contribution is 5.93. The Hall–Kier alpha value is -1.39. The van der Waals surface area contributed by atoms with Gasteiger partial charge in [-0.3, -0.25) is 0 Å². The molecule has 1 heterocycles. The molecule has 0 saturated heterocycles. The molecule has 0 radical (unpaired) electrons. The smallest absolute Gasteiger partial charge is 0.341 e. The van der Waals surface area contributed by atoms with Crippen molar-refractivity contribution in [1.29, 1.82) is 0 Å². The van der Waals surface area contributed by atoms with Crippen LogP contribution in [0.5, 0.6) is 0 Å². The molecule has 1 aromatic carbocycles. The highest BCUT2D eigenvalue weighted by Crippen LogP contribution is 2.36. The molecule has 1 aliphatic heterocycles. The van der Waals surface area contributed by atoms with Gasteiger partial charge in [-0.25, -0.2) is 4.79 Å². The molecular weight excluding hydrogens is 230 g/mol. The number of cyclic esters (lactones) is 1. The van der Waals surface area contributed by atoms with E-state index in [2.05, 4.69) is 6.92 Å². The van der Waals surface area contributed by atoms with Crippen LogP contribution in [-0.2, 0) is 9.47 Å². The number of fused-ring (bicyclic) bond motifs is 1. The van der Waals surface area contributed by atoms with Crippen molar-refractivity contribution in [3.05, 3.63) is 35.4 Å². The molecule has 4 nitrogen and oxygen atoms in total. The van der Waals surface area contributed by atoms with Crippen LogP contribution in [0.25, 0.3) is 0 Å². The molecule has 0 aromatic heterocycles. The second-order valence-electron chi connectivity index (χ2n) is 5.13. The zero-order valence-electron chi connectivity index (χ0n) is 10.3. The summed E-state index contributed by atoms with van der Waals surface area (Å²) in [6, 6.07) is 7.37. The fraction of sp³-hybridized carbons (Fsp3) is 0.500. The number of nitrogens with two attached hydrogens (primary N) is 1. The van der Waals surface area contributed by atoms with Gasteiger partial charge in [-0.15, -0.1) is 0 Å². The monoisotopic (exact) mass is 247 g/mol. The second-order valence-corrected chi connectivity index (χ2v) is 5.13. The number of rotatable bonds is 2. The molecule has 18 heavy (non-hydrogen) atoms. The van der Waals surface area contributed by atoms with Gasteiger partial charge in [0.05, 0.1) is 11.7 Å². The van der Waals surface area contributed by atoms with Crippen molar-refractivity contribution in [3.8, 4) is 0 Å². The van der Waals surface area contributed by atoms with Crippen LogP contribution in [0.3, 0.4) is 0 Å². The van der Waals surface area contributed by atoms with Crippen LogP contribution in [0.15, 0.2) is 24.3 Å². The van der Waals surface area contributed by atoms with E-state index in [4.69, 9.17) is 15.2 Å². The van der Waals surface area contributed by atoms with Gasteiger partial charge in [-0.1, -0.05) is 25.1 Å². The van der Waals surface area contributed by atoms with E-state index in [1.807, 2.05) is 18.2 Å². The van der Waals surface area contributed by atoms with Crippen LogP contribution < -0.4 is 5.73 Å². The maximum absolute atomic E-state index is 11.7. The molecule has 1 saturated carbocycles. The fourth-order valence-corrected chi connectivity index (χ4v) is 2.71.